The second kappa shape index (κ2) is 8.40. The van der Waals surface area contributed by atoms with Crippen LogP contribution in [-0.2, 0) is 0 Å². The molecule has 1 aliphatic heterocycles. The largest absolute Gasteiger partial charge is 0.494 e. The second-order valence-electron chi connectivity index (χ2n) is 6.24. The van der Waals surface area contributed by atoms with Crippen LogP contribution in [0.5, 0.6) is 5.75 Å². The third-order valence-electron chi connectivity index (χ3n) is 4.28. The summed E-state index contributed by atoms with van der Waals surface area (Å²) in [5.41, 5.74) is 0.965. The van der Waals surface area contributed by atoms with Crippen LogP contribution in [0.15, 0.2) is 24.3 Å². The van der Waals surface area contributed by atoms with E-state index >= 15 is 0 Å². The van der Waals surface area contributed by atoms with Crippen molar-refractivity contribution in [3.8, 4) is 5.75 Å². The quantitative estimate of drug-likeness (QED) is 0.779. The molecule has 0 radical (unpaired) electrons. The maximum absolute atomic E-state index is 9.75. The zero-order chi connectivity index (χ0) is 15.1. The van der Waals surface area contributed by atoms with Crippen LogP contribution in [0.2, 0.25) is 0 Å². The van der Waals surface area contributed by atoms with E-state index in [0.29, 0.717) is 0 Å². The zero-order valence-electron chi connectivity index (χ0n) is 13.4. The fourth-order valence-electron chi connectivity index (χ4n) is 2.99. The highest BCUT2D eigenvalue weighted by atomic mass is 16.5. The van der Waals surface area contributed by atoms with Gasteiger partial charge in [0.2, 0.25) is 0 Å². The number of nitrogens with zero attached hydrogens (tertiary/aromatic N) is 1. The lowest BCUT2D eigenvalue weighted by Gasteiger charge is -2.30. The molecule has 21 heavy (non-hydrogen) atoms. The average Bonchev–Trinajstić information content (AvgIpc) is 2.51. The number of hydrogen-bond acceptors (Lipinski definition) is 3. The smallest absolute Gasteiger partial charge is 0.119 e. The minimum atomic E-state index is -0.361. The van der Waals surface area contributed by atoms with Crippen LogP contribution in [0.4, 0.5) is 0 Å². The summed E-state index contributed by atoms with van der Waals surface area (Å²) in [6.45, 7) is 8.71. The van der Waals surface area contributed by atoms with E-state index in [9.17, 15) is 5.11 Å². The van der Waals surface area contributed by atoms with Gasteiger partial charge in [0.05, 0.1) is 12.7 Å². The van der Waals surface area contributed by atoms with E-state index < -0.39 is 0 Å². The Morgan fingerprint density at radius 2 is 2.10 bits per heavy atom. The van der Waals surface area contributed by atoms with E-state index in [1.165, 1.54) is 25.9 Å². The molecule has 0 spiro atoms. The van der Waals surface area contributed by atoms with Crippen molar-refractivity contribution in [3.63, 3.8) is 0 Å². The van der Waals surface area contributed by atoms with E-state index in [-0.39, 0.29) is 6.10 Å². The maximum atomic E-state index is 9.75. The fourth-order valence-corrected chi connectivity index (χ4v) is 2.99. The van der Waals surface area contributed by atoms with Crippen molar-refractivity contribution >= 4 is 0 Å². The maximum Gasteiger partial charge on any atom is 0.119 e. The molecule has 1 N–H and O–H groups in total. The van der Waals surface area contributed by atoms with Gasteiger partial charge in [0, 0.05) is 13.1 Å². The molecule has 0 aliphatic carbocycles. The van der Waals surface area contributed by atoms with Gasteiger partial charge >= 0.3 is 0 Å². The van der Waals surface area contributed by atoms with Gasteiger partial charge in [-0.15, -0.1) is 0 Å². The standard InChI is InChI=1S/C18H29NO2/c1-3-18(20)16-7-9-17(10-8-16)21-13-5-12-19-11-4-6-15(2)14-19/h7-10,15,18,20H,3-6,11-14H2,1-2H3. The molecule has 0 amide bonds. The van der Waals surface area contributed by atoms with Crippen molar-refractivity contribution in [3.05, 3.63) is 29.8 Å². The summed E-state index contributed by atoms with van der Waals surface area (Å²) in [4.78, 5) is 2.55. The first-order valence-electron chi connectivity index (χ1n) is 8.32. The van der Waals surface area contributed by atoms with E-state index in [0.717, 1.165) is 43.2 Å². The summed E-state index contributed by atoms with van der Waals surface area (Å²) in [5, 5.41) is 9.75. The highest BCUT2D eigenvalue weighted by Crippen LogP contribution is 2.20. The molecule has 3 nitrogen and oxygen atoms in total. The Hall–Kier alpha value is -1.06. The number of aliphatic hydroxyl groups excluding tert-OH is 1. The summed E-state index contributed by atoms with van der Waals surface area (Å²) < 4.78 is 5.78. The first-order chi connectivity index (χ1) is 10.2. The van der Waals surface area contributed by atoms with Crippen LogP contribution in [0.25, 0.3) is 0 Å². The molecule has 1 aliphatic rings. The van der Waals surface area contributed by atoms with Crippen molar-refractivity contribution in [2.45, 2.75) is 45.6 Å². The molecule has 3 heteroatoms. The lowest BCUT2D eigenvalue weighted by Crippen LogP contribution is -2.35. The molecule has 1 heterocycles. The Morgan fingerprint density at radius 1 is 1.33 bits per heavy atom. The number of rotatable bonds is 7. The van der Waals surface area contributed by atoms with E-state index in [1.807, 2.05) is 31.2 Å². The highest BCUT2D eigenvalue weighted by molar-refractivity contribution is 5.28. The SMILES string of the molecule is CCC(O)c1ccc(OCCCN2CCCC(C)C2)cc1. The Bertz CT molecular complexity index is 404. The monoisotopic (exact) mass is 291 g/mol. The molecule has 1 aromatic rings. The number of benzene rings is 1. The molecule has 0 saturated carbocycles. The summed E-state index contributed by atoms with van der Waals surface area (Å²) in [7, 11) is 0. The summed E-state index contributed by atoms with van der Waals surface area (Å²) in [5.74, 6) is 1.74. The second-order valence-corrected chi connectivity index (χ2v) is 6.24. The van der Waals surface area contributed by atoms with Crippen LogP contribution in [0.1, 0.15) is 51.2 Å². The molecule has 118 valence electrons. The Balaban J connectivity index is 1.66. The molecule has 1 aromatic carbocycles. The van der Waals surface area contributed by atoms with Gasteiger partial charge in [0.1, 0.15) is 5.75 Å². The fraction of sp³-hybridized carbons (Fsp3) is 0.667. The summed E-state index contributed by atoms with van der Waals surface area (Å²) >= 11 is 0. The van der Waals surface area contributed by atoms with Gasteiger partial charge < -0.3 is 14.7 Å². The van der Waals surface area contributed by atoms with Crippen molar-refractivity contribution in [2.24, 2.45) is 5.92 Å². The topological polar surface area (TPSA) is 32.7 Å². The number of aliphatic hydroxyl groups is 1. The third-order valence-corrected chi connectivity index (χ3v) is 4.28. The van der Waals surface area contributed by atoms with E-state index in [2.05, 4.69) is 11.8 Å². The van der Waals surface area contributed by atoms with Crippen LogP contribution in [-0.4, -0.2) is 36.2 Å². The third kappa shape index (κ3) is 5.33. The minimum Gasteiger partial charge on any atom is -0.494 e. The van der Waals surface area contributed by atoms with Gasteiger partial charge in [0.15, 0.2) is 0 Å². The molecular formula is C18H29NO2. The van der Waals surface area contributed by atoms with Crippen LogP contribution in [0.3, 0.4) is 0 Å². The van der Waals surface area contributed by atoms with Crippen molar-refractivity contribution in [2.75, 3.05) is 26.2 Å². The molecule has 1 fully saturated rings. The molecule has 0 aromatic heterocycles. The van der Waals surface area contributed by atoms with Gasteiger partial charge in [-0.3, -0.25) is 0 Å². The predicted octanol–water partition coefficient (Wildman–Crippen LogP) is 3.63. The Morgan fingerprint density at radius 3 is 2.76 bits per heavy atom. The molecule has 2 unspecified atom stereocenters. The molecule has 0 bridgehead atoms. The van der Waals surface area contributed by atoms with Crippen molar-refractivity contribution in [1.29, 1.82) is 0 Å². The van der Waals surface area contributed by atoms with Gasteiger partial charge in [0.25, 0.3) is 0 Å². The van der Waals surface area contributed by atoms with Gasteiger partial charge in [-0.2, -0.15) is 0 Å². The Labute approximate surface area is 128 Å². The van der Waals surface area contributed by atoms with E-state index in [4.69, 9.17) is 4.74 Å². The Kier molecular flexibility index (Phi) is 6.52. The van der Waals surface area contributed by atoms with Crippen molar-refractivity contribution in [1.82, 2.24) is 4.90 Å². The van der Waals surface area contributed by atoms with Crippen LogP contribution in [0, 0.1) is 5.92 Å². The lowest BCUT2D eigenvalue weighted by molar-refractivity contribution is 0.169. The highest BCUT2D eigenvalue weighted by Gasteiger charge is 2.15. The molecule has 2 atom stereocenters. The van der Waals surface area contributed by atoms with Crippen LogP contribution >= 0.6 is 0 Å². The van der Waals surface area contributed by atoms with Crippen molar-refractivity contribution < 1.29 is 9.84 Å². The van der Waals surface area contributed by atoms with Gasteiger partial charge in [-0.1, -0.05) is 26.0 Å². The van der Waals surface area contributed by atoms with E-state index in [1.54, 1.807) is 0 Å². The average molecular weight is 291 g/mol. The summed E-state index contributed by atoms with van der Waals surface area (Å²) in [6, 6.07) is 7.82. The normalized spacial score (nSPS) is 21.2. The number of likely N-dealkylation sites (tertiary alicyclic amines) is 1. The molecular weight excluding hydrogens is 262 g/mol. The number of hydrogen-bond donors (Lipinski definition) is 1. The van der Waals surface area contributed by atoms with Gasteiger partial charge in [-0.05, 0) is 55.8 Å². The number of ether oxygens (including phenoxy) is 1. The first-order valence-corrected chi connectivity index (χ1v) is 8.32. The van der Waals surface area contributed by atoms with Gasteiger partial charge in [-0.25, -0.2) is 0 Å². The zero-order valence-corrected chi connectivity index (χ0v) is 13.4. The van der Waals surface area contributed by atoms with Crippen LogP contribution < -0.4 is 4.74 Å². The first kappa shape index (κ1) is 16.3. The number of piperidine rings is 1. The summed E-state index contributed by atoms with van der Waals surface area (Å²) in [6.07, 6.45) is 4.17. The molecule has 1 saturated heterocycles. The molecule has 2 rings (SSSR count). The lowest BCUT2D eigenvalue weighted by atomic mass is 10.0. The predicted molar refractivity (Wildman–Crippen MR) is 86.6 cm³/mol. The minimum absolute atomic E-state index is 0.361.